The van der Waals surface area contributed by atoms with E-state index in [0.29, 0.717) is 32.4 Å². The van der Waals surface area contributed by atoms with E-state index in [0.717, 1.165) is 19.3 Å². The Hall–Kier alpha value is -1.59. The summed E-state index contributed by atoms with van der Waals surface area (Å²) in [6, 6.07) is 0. The van der Waals surface area contributed by atoms with Crippen LogP contribution in [0.3, 0.4) is 0 Å². The molecule has 0 spiro atoms. The summed E-state index contributed by atoms with van der Waals surface area (Å²) in [5, 5.41) is 12.5. The number of fused-ring (bicyclic) bond motifs is 3. The van der Waals surface area contributed by atoms with Crippen LogP contribution in [0, 0.1) is 5.41 Å². The van der Waals surface area contributed by atoms with Crippen molar-refractivity contribution < 1.29 is 19.5 Å². The maximum Gasteiger partial charge on any atom is 0.309 e. The normalized spacial score (nSPS) is 29.1. The first-order chi connectivity index (χ1) is 10.9. The van der Waals surface area contributed by atoms with E-state index in [4.69, 9.17) is 0 Å². The molecule has 0 aromatic carbocycles. The third kappa shape index (κ3) is 3.67. The van der Waals surface area contributed by atoms with Gasteiger partial charge in [0.15, 0.2) is 0 Å². The summed E-state index contributed by atoms with van der Waals surface area (Å²) in [4.78, 5) is 37.3. The highest BCUT2D eigenvalue weighted by atomic mass is 16.4. The van der Waals surface area contributed by atoms with Gasteiger partial charge in [0.25, 0.3) is 0 Å². The molecule has 3 aliphatic rings. The molecule has 6 nitrogen and oxygen atoms in total. The Labute approximate surface area is 137 Å². The van der Waals surface area contributed by atoms with E-state index in [1.807, 2.05) is 13.8 Å². The second kappa shape index (κ2) is 6.89. The van der Waals surface area contributed by atoms with Crippen LogP contribution in [0.1, 0.15) is 65.2 Å². The average Bonchev–Trinajstić information content (AvgIpc) is 2.55. The fraction of sp³-hybridized carbons (Fsp3) is 0.824. The fourth-order valence-electron chi connectivity index (χ4n) is 4.01. The number of carboxylic acids is 1. The predicted octanol–water partition coefficient (Wildman–Crippen LogP) is 1.93. The molecule has 0 unspecified atom stereocenters. The SMILES string of the molecule is CCN(CC)C(=O)CCC(=O)NC12CCC(C(=O)O)(CC1)CC2. The number of hydrogen-bond acceptors (Lipinski definition) is 3. The summed E-state index contributed by atoms with van der Waals surface area (Å²) < 4.78 is 0. The lowest BCUT2D eigenvalue weighted by molar-refractivity contribution is -0.157. The molecule has 0 aliphatic heterocycles. The van der Waals surface area contributed by atoms with Crippen LogP contribution in [-0.2, 0) is 14.4 Å². The van der Waals surface area contributed by atoms with Crippen LogP contribution in [0.15, 0.2) is 0 Å². The van der Waals surface area contributed by atoms with Gasteiger partial charge in [0.05, 0.1) is 5.41 Å². The van der Waals surface area contributed by atoms with Gasteiger partial charge >= 0.3 is 5.97 Å². The van der Waals surface area contributed by atoms with Crippen LogP contribution >= 0.6 is 0 Å². The van der Waals surface area contributed by atoms with Crippen LogP contribution in [0.5, 0.6) is 0 Å². The highest BCUT2D eigenvalue weighted by Crippen LogP contribution is 2.52. The topological polar surface area (TPSA) is 86.7 Å². The highest BCUT2D eigenvalue weighted by molar-refractivity contribution is 5.84. The number of amides is 2. The molecule has 0 atom stereocenters. The van der Waals surface area contributed by atoms with Crippen LogP contribution in [0.2, 0.25) is 0 Å². The zero-order valence-electron chi connectivity index (χ0n) is 14.2. The molecule has 130 valence electrons. The first kappa shape index (κ1) is 17.8. The number of nitrogens with one attached hydrogen (secondary N) is 1. The standard InChI is InChI=1S/C17H28N2O4/c1-3-19(4-2)14(21)6-5-13(20)18-17-10-7-16(8-11-17,9-12-17)15(22)23/h3-12H2,1-2H3,(H,18,20)(H,22,23). The van der Waals surface area contributed by atoms with Gasteiger partial charge in [-0.15, -0.1) is 0 Å². The van der Waals surface area contributed by atoms with Gasteiger partial charge in [-0.2, -0.15) is 0 Å². The number of aliphatic carboxylic acids is 1. The molecule has 0 aromatic heterocycles. The smallest absolute Gasteiger partial charge is 0.309 e. The fourth-order valence-corrected chi connectivity index (χ4v) is 4.01. The summed E-state index contributed by atoms with van der Waals surface area (Å²) >= 11 is 0. The van der Waals surface area contributed by atoms with Crippen molar-refractivity contribution in [2.75, 3.05) is 13.1 Å². The first-order valence-corrected chi connectivity index (χ1v) is 8.68. The van der Waals surface area contributed by atoms with Crippen molar-refractivity contribution >= 4 is 17.8 Å². The Bertz CT molecular complexity index is 460. The highest BCUT2D eigenvalue weighted by Gasteiger charge is 2.53. The number of hydrogen-bond donors (Lipinski definition) is 2. The minimum atomic E-state index is -0.693. The molecule has 6 heteroatoms. The van der Waals surface area contributed by atoms with Gasteiger partial charge in [0.2, 0.25) is 11.8 Å². The molecule has 2 bridgehead atoms. The van der Waals surface area contributed by atoms with Crippen molar-refractivity contribution in [3.63, 3.8) is 0 Å². The molecule has 3 rings (SSSR count). The number of nitrogens with zero attached hydrogens (tertiary/aromatic N) is 1. The molecule has 0 radical (unpaired) electrons. The lowest BCUT2D eigenvalue weighted by atomic mass is 9.57. The van der Waals surface area contributed by atoms with Crippen LogP contribution < -0.4 is 5.32 Å². The van der Waals surface area contributed by atoms with Crippen molar-refractivity contribution in [3.8, 4) is 0 Å². The van der Waals surface area contributed by atoms with Crippen LogP contribution in [-0.4, -0.2) is 46.4 Å². The Morgan fingerprint density at radius 3 is 1.91 bits per heavy atom. The minimum Gasteiger partial charge on any atom is -0.481 e. The van der Waals surface area contributed by atoms with E-state index in [2.05, 4.69) is 5.32 Å². The van der Waals surface area contributed by atoms with Gasteiger partial charge in [-0.3, -0.25) is 14.4 Å². The average molecular weight is 324 g/mol. The number of carbonyl (C=O) groups excluding carboxylic acids is 2. The molecule has 3 fully saturated rings. The summed E-state index contributed by atoms with van der Waals surface area (Å²) in [5.41, 5.74) is -0.808. The van der Waals surface area contributed by atoms with E-state index in [1.165, 1.54) is 0 Å². The second-order valence-corrected chi connectivity index (χ2v) is 6.98. The van der Waals surface area contributed by atoms with E-state index < -0.39 is 11.4 Å². The zero-order valence-corrected chi connectivity index (χ0v) is 14.2. The molecule has 3 saturated carbocycles. The van der Waals surface area contributed by atoms with Gasteiger partial charge in [0.1, 0.15) is 0 Å². The Kier molecular flexibility index (Phi) is 5.32. The summed E-state index contributed by atoms with van der Waals surface area (Å²) in [7, 11) is 0. The van der Waals surface area contributed by atoms with E-state index in [-0.39, 0.29) is 30.2 Å². The number of carbonyl (C=O) groups is 3. The molecule has 0 aromatic rings. The molecular weight excluding hydrogens is 296 g/mol. The van der Waals surface area contributed by atoms with Crippen LogP contribution in [0.25, 0.3) is 0 Å². The van der Waals surface area contributed by atoms with Gasteiger partial charge < -0.3 is 15.3 Å². The maximum atomic E-state index is 12.2. The zero-order chi connectivity index (χ0) is 17.1. The van der Waals surface area contributed by atoms with E-state index in [9.17, 15) is 19.5 Å². The Balaban J connectivity index is 1.83. The third-order valence-corrected chi connectivity index (χ3v) is 5.79. The monoisotopic (exact) mass is 324 g/mol. The maximum absolute atomic E-state index is 12.2. The minimum absolute atomic E-state index is 0.0137. The lowest BCUT2D eigenvalue weighted by Gasteiger charge is -2.51. The van der Waals surface area contributed by atoms with Crippen molar-refractivity contribution in [3.05, 3.63) is 0 Å². The molecule has 2 amide bonds. The predicted molar refractivity (Wildman–Crippen MR) is 85.8 cm³/mol. The largest absolute Gasteiger partial charge is 0.481 e. The second-order valence-electron chi connectivity index (χ2n) is 6.98. The third-order valence-electron chi connectivity index (χ3n) is 5.79. The van der Waals surface area contributed by atoms with Crippen molar-refractivity contribution in [2.24, 2.45) is 5.41 Å². The van der Waals surface area contributed by atoms with Gasteiger partial charge in [0, 0.05) is 31.5 Å². The van der Waals surface area contributed by atoms with E-state index >= 15 is 0 Å². The van der Waals surface area contributed by atoms with Crippen molar-refractivity contribution in [1.29, 1.82) is 0 Å². The van der Waals surface area contributed by atoms with Crippen molar-refractivity contribution in [2.45, 2.75) is 70.8 Å². The first-order valence-electron chi connectivity index (χ1n) is 8.68. The molecule has 3 aliphatic carbocycles. The lowest BCUT2D eigenvalue weighted by Crippen LogP contribution is -2.58. The molecule has 23 heavy (non-hydrogen) atoms. The Morgan fingerprint density at radius 2 is 1.48 bits per heavy atom. The molecule has 0 heterocycles. The van der Waals surface area contributed by atoms with Gasteiger partial charge in [-0.25, -0.2) is 0 Å². The van der Waals surface area contributed by atoms with Gasteiger partial charge in [-0.1, -0.05) is 0 Å². The quantitative estimate of drug-likeness (QED) is 0.749. The summed E-state index contributed by atoms with van der Waals surface area (Å²) in [6.45, 7) is 5.19. The molecule has 2 N–H and O–H groups in total. The molecular formula is C17H28N2O4. The molecule has 0 saturated heterocycles. The number of carboxylic acid groups (broad SMARTS) is 1. The van der Waals surface area contributed by atoms with Crippen molar-refractivity contribution in [1.82, 2.24) is 10.2 Å². The Morgan fingerprint density at radius 1 is 0.957 bits per heavy atom. The summed E-state index contributed by atoms with van der Waals surface area (Å²) in [5.74, 6) is -0.767. The summed E-state index contributed by atoms with van der Waals surface area (Å²) in [6.07, 6.45) is 4.56. The number of rotatable bonds is 7. The van der Waals surface area contributed by atoms with Gasteiger partial charge in [-0.05, 0) is 52.4 Å². The van der Waals surface area contributed by atoms with Crippen LogP contribution in [0.4, 0.5) is 0 Å². The van der Waals surface area contributed by atoms with E-state index in [1.54, 1.807) is 4.90 Å².